The summed E-state index contributed by atoms with van der Waals surface area (Å²) in [5.74, 6) is 0.736. The van der Waals surface area contributed by atoms with E-state index in [0.29, 0.717) is 13.2 Å². The minimum Gasteiger partial charge on any atom is -0.370 e. The normalized spacial score (nSPS) is 13.8. The molecule has 0 aliphatic heterocycles. The van der Waals surface area contributed by atoms with Gasteiger partial charge in [-0.05, 0) is 25.3 Å². The maximum absolute atomic E-state index is 5.78. The standard InChI is InChI=1S/C13H23N3O/c1-6-17-11(13(3,4)5)12-15-9(2)7-10(8-14)16-12/h7,11H,6,8,14H2,1-5H3. The fourth-order valence-electron chi connectivity index (χ4n) is 1.76. The van der Waals surface area contributed by atoms with Crippen LogP contribution in [0.5, 0.6) is 0 Å². The molecule has 0 spiro atoms. The molecular formula is C13H23N3O. The molecule has 96 valence electrons. The van der Waals surface area contributed by atoms with Crippen LogP contribution in [0.15, 0.2) is 6.07 Å². The van der Waals surface area contributed by atoms with Crippen molar-refractivity contribution in [2.75, 3.05) is 6.61 Å². The van der Waals surface area contributed by atoms with Crippen molar-refractivity contribution < 1.29 is 4.74 Å². The second kappa shape index (κ2) is 5.56. The lowest BCUT2D eigenvalue weighted by atomic mass is 9.88. The molecule has 0 bridgehead atoms. The molecule has 1 atom stereocenters. The summed E-state index contributed by atoms with van der Waals surface area (Å²) in [5.41, 5.74) is 7.40. The predicted octanol–water partition coefficient (Wildman–Crippen LogP) is 2.37. The van der Waals surface area contributed by atoms with Crippen molar-refractivity contribution in [3.8, 4) is 0 Å². The Bertz CT molecular complexity index is 371. The molecule has 0 aliphatic rings. The van der Waals surface area contributed by atoms with Crippen molar-refractivity contribution in [3.05, 3.63) is 23.3 Å². The largest absolute Gasteiger partial charge is 0.370 e. The molecule has 1 aromatic rings. The van der Waals surface area contributed by atoms with Gasteiger partial charge in [0.25, 0.3) is 0 Å². The Morgan fingerprint density at radius 1 is 1.35 bits per heavy atom. The highest BCUT2D eigenvalue weighted by atomic mass is 16.5. The van der Waals surface area contributed by atoms with Crippen LogP contribution < -0.4 is 5.73 Å². The average Bonchev–Trinajstić information content (AvgIpc) is 2.23. The maximum atomic E-state index is 5.78. The second-order valence-electron chi connectivity index (χ2n) is 5.26. The summed E-state index contributed by atoms with van der Waals surface area (Å²) < 4.78 is 5.78. The molecule has 17 heavy (non-hydrogen) atoms. The summed E-state index contributed by atoms with van der Waals surface area (Å²) in [7, 11) is 0. The van der Waals surface area contributed by atoms with Gasteiger partial charge in [-0.1, -0.05) is 20.8 Å². The molecule has 1 rings (SSSR count). The molecule has 4 nitrogen and oxygen atoms in total. The fraction of sp³-hybridized carbons (Fsp3) is 0.692. The quantitative estimate of drug-likeness (QED) is 0.873. The molecule has 1 aromatic heterocycles. The van der Waals surface area contributed by atoms with E-state index < -0.39 is 0 Å². The molecule has 0 amide bonds. The third-order valence-electron chi connectivity index (χ3n) is 2.49. The monoisotopic (exact) mass is 237 g/mol. The zero-order chi connectivity index (χ0) is 13.1. The first-order valence-electron chi connectivity index (χ1n) is 6.04. The number of hydrogen-bond donors (Lipinski definition) is 1. The van der Waals surface area contributed by atoms with Crippen molar-refractivity contribution in [3.63, 3.8) is 0 Å². The molecule has 1 heterocycles. The minimum absolute atomic E-state index is 0.0321. The third-order valence-corrected chi connectivity index (χ3v) is 2.49. The Labute approximate surface area is 104 Å². The van der Waals surface area contributed by atoms with Crippen LogP contribution in [-0.2, 0) is 11.3 Å². The fourth-order valence-corrected chi connectivity index (χ4v) is 1.76. The number of hydrogen-bond acceptors (Lipinski definition) is 4. The number of rotatable bonds is 4. The van der Waals surface area contributed by atoms with Gasteiger partial charge in [0.1, 0.15) is 6.10 Å². The molecule has 0 aliphatic carbocycles. The molecule has 4 heteroatoms. The van der Waals surface area contributed by atoms with Crippen LogP contribution in [0.1, 0.15) is 51.0 Å². The van der Waals surface area contributed by atoms with Crippen LogP contribution in [0.3, 0.4) is 0 Å². The summed E-state index contributed by atoms with van der Waals surface area (Å²) in [5, 5.41) is 0. The van der Waals surface area contributed by atoms with E-state index >= 15 is 0 Å². The van der Waals surface area contributed by atoms with Gasteiger partial charge in [0.2, 0.25) is 0 Å². The highest BCUT2D eigenvalue weighted by Crippen LogP contribution is 2.34. The summed E-state index contributed by atoms with van der Waals surface area (Å²) in [6.45, 7) is 11.4. The summed E-state index contributed by atoms with van der Waals surface area (Å²) in [6, 6.07) is 1.91. The third kappa shape index (κ3) is 3.75. The van der Waals surface area contributed by atoms with Crippen molar-refractivity contribution >= 4 is 0 Å². The van der Waals surface area contributed by atoms with Gasteiger partial charge >= 0.3 is 0 Å². The van der Waals surface area contributed by atoms with E-state index in [1.54, 1.807) is 0 Å². The van der Waals surface area contributed by atoms with Crippen LogP contribution in [0, 0.1) is 12.3 Å². The van der Waals surface area contributed by atoms with E-state index in [0.717, 1.165) is 17.2 Å². The highest BCUT2D eigenvalue weighted by molar-refractivity contribution is 5.12. The molecular weight excluding hydrogens is 214 g/mol. The van der Waals surface area contributed by atoms with Gasteiger partial charge in [-0.15, -0.1) is 0 Å². The van der Waals surface area contributed by atoms with E-state index in [1.807, 2.05) is 19.9 Å². The Hall–Kier alpha value is -1.00. The van der Waals surface area contributed by atoms with Gasteiger partial charge in [-0.25, -0.2) is 9.97 Å². The van der Waals surface area contributed by atoms with Gasteiger partial charge in [0.05, 0.1) is 5.69 Å². The Morgan fingerprint density at radius 3 is 2.47 bits per heavy atom. The highest BCUT2D eigenvalue weighted by Gasteiger charge is 2.29. The maximum Gasteiger partial charge on any atom is 0.158 e. The molecule has 0 aromatic carbocycles. The summed E-state index contributed by atoms with van der Waals surface area (Å²) in [6.07, 6.45) is -0.0994. The Balaban J connectivity index is 3.13. The van der Waals surface area contributed by atoms with E-state index in [4.69, 9.17) is 10.5 Å². The lowest BCUT2D eigenvalue weighted by Crippen LogP contribution is -2.24. The SMILES string of the molecule is CCOC(c1nc(C)cc(CN)n1)C(C)(C)C. The smallest absolute Gasteiger partial charge is 0.158 e. The molecule has 0 saturated carbocycles. The van der Waals surface area contributed by atoms with E-state index in [-0.39, 0.29) is 11.5 Å². The number of ether oxygens (including phenoxy) is 1. The number of nitrogens with zero attached hydrogens (tertiary/aromatic N) is 2. The molecule has 0 fully saturated rings. The van der Waals surface area contributed by atoms with Gasteiger partial charge < -0.3 is 10.5 Å². The van der Waals surface area contributed by atoms with Crippen LogP contribution in [-0.4, -0.2) is 16.6 Å². The number of aromatic nitrogens is 2. The van der Waals surface area contributed by atoms with Gasteiger partial charge in [-0.3, -0.25) is 0 Å². The first-order chi connectivity index (χ1) is 7.88. The van der Waals surface area contributed by atoms with Gasteiger partial charge in [0.15, 0.2) is 5.82 Å². The first kappa shape index (κ1) is 14.1. The lowest BCUT2D eigenvalue weighted by Gasteiger charge is -2.29. The molecule has 1 unspecified atom stereocenters. The molecule has 2 N–H and O–H groups in total. The van der Waals surface area contributed by atoms with Crippen LogP contribution >= 0.6 is 0 Å². The summed E-state index contributed by atoms with van der Waals surface area (Å²) in [4.78, 5) is 8.95. The van der Waals surface area contributed by atoms with Crippen LogP contribution in [0.25, 0.3) is 0 Å². The van der Waals surface area contributed by atoms with Crippen molar-refractivity contribution in [1.29, 1.82) is 0 Å². The van der Waals surface area contributed by atoms with E-state index in [2.05, 4.69) is 30.7 Å². The van der Waals surface area contributed by atoms with Crippen molar-refractivity contribution in [2.45, 2.75) is 47.3 Å². The zero-order valence-corrected chi connectivity index (χ0v) is 11.4. The van der Waals surface area contributed by atoms with Crippen LogP contribution in [0.4, 0.5) is 0 Å². The number of aryl methyl sites for hydroxylation is 1. The second-order valence-corrected chi connectivity index (χ2v) is 5.26. The minimum atomic E-state index is -0.0994. The Morgan fingerprint density at radius 2 is 2.00 bits per heavy atom. The van der Waals surface area contributed by atoms with Gasteiger partial charge in [0, 0.05) is 18.8 Å². The molecule has 0 radical (unpaired) electrons. The van der Waals surface area contributed by atoms with E-state index in [9.17, 15) is 0 Å². The van der Waals surface area contributed by atoms with E-state index in [1.165, 1.54) is 0 Å². The van der Waals surface area contributed by atoms with Crippen molar-refractivity contribution in [2.24, 2.45) is 11.1 Å². The predicted molar refractivity (Wildman–Crippen MR) is 68.5 cm³/mol. The average molecular weight is 237 g/mol. The molecule has 0 saturated heterocycles. The van der Waals surface area contributed by atoms with Crippen LogP contribution in [0.2, 0.25) is 0 Å². The Kier molecular flexibility index (Phi) is 4.60. The lowest BCUT2D eigenvalue weighted by molar-refractivity contribution is -0.0193. The van der Waals surface area contributed by atoms with Gasteiger partial charge in [-0.2, -0.15) is 0 Å². The number of nitrogens with two attached hydrogens (primary N) is 1. The zero-order valence-electron chi connectivity index (χ0n) is 11.4. The summed E-state index contributed by atoms with van der Waals surface area (Å²) >= 11 is 0. The van der Waals surface area contributed by atoms with Crippen molar-refractivity contribution in [1.82, 2.24) is 9.97 Å². The topological polar surface area (TPSA) is 61.0 Å². The first-order valence-corrected chi connectivity index (χ1v) is 6.04.